The van der Waals surface area contributed by atoms with E-state index in [4.69, 9.17) is 11.6 Å². The number of H-pyrrole nitrogens is 1. The van der Waals surface area contributed by atoms with Crippen molar-refractivity contribution in [2.45, 2.75) is 6.92 Å². The number of aromatic nitrogens is 2. The summed E-state index contributed by atoms with van der Waals surface area (Å²) in [5, 5.41) is 4.81. The molecule has 0 saturated heterocycles. The van der Waals surface area contributed by atoms with Crippen LogP contribution in [0.1, 0.15) is 17.3 Å². The Kier molecular flexibility index (Phi) is 5.60. The summed E-state index contributed by atoms with van der Waals surface area (Å²) in [5.41, 5.74) is -1.30. The molecule has 0 aliphatic rings. The van der Waals surface area contributed by atoms with Gasteiger partial charge in [0.2, 0.25) is 5.91 Å². The first-order valence-electron chi connectivity index (χ1n) is 8.25. The summed E-state index contributed by atoms with van der Waals surface area (Å²) < 4.78 is 14.1. The van der Waals surface area contributed by atoms with Gasteiger partial charge in [-0.1, -0.05) is 17.7 Å². The van der Waals surface area contributed by atoms with E-state index in [1.54, 1.807) is 18.2 Å². The van der Waals surface area contributed by atoms with E-state index in [-0.39, 0.29) is 22.2 Å². The van der Waals surface area contributed by atoms with Gasteiger partial charge in [-0.05, 0) is 36.4 Å². The Morgan fingerprint density at radius 2 is 1.76 bits per heavy atom. The van der Waals surface area contributed by atoms with Gasteiger partial charge < -0.3 is 15.6 Å². The Morgan fingerprint density at radius 3 is 2.41 bits per heavy atom. The lowest BCUT2D eigenvalue weighted by Crippen LogP contribution is -2.38. The fourth-order valence-corrected chi connectivity index (χ4v) is 2.75. The monoisotopic (exact) mass is 416 g/mol. The molecular weight excluding hydrogens is 403 g/mol. The normalized spacial score (nSPS) is 10.4. The van der Waals surface area contributed by atoms with Gasteiger partial charge in [-0.25, -0.2) is 13.8 Å². The number of aromatic amines is 1. The van der Waals surface area contributed by atoms with E-state index in [2.05, 4.69) is 15.6 Å². The zero-order valence-corrected chi connectivity index (χ0v) is 15.7. The van der Waals surface area contributed by atoms with Crippen LogP contribution in [0, 0.1) is 5.82 Å². The summed E-state index contributed by atoms with van der Waals surface area (Å²) in [6.07, 6.45) is 0.985. The molecule has 3 aromatic rings. The molecule has 148 valence electrons. The number of benzene rings is 2. The van der Waals surface area contributed by atoms with Crippen molar-refractivity contribution in [2.75, 3.05) is 10.6 Å². The Balaban J connectivity index is 1.96. The fourth-order valence-electron chi connectivity index (χ4n) is 2.57. The number of hydrogen-bond donors (Lipinski definition) is 3. The highest BCUT2D eigenvalue weighted by molar-refractivity contribution is 6.30. The number of nitrogens with zero attached hydrogens (tertiary/aromatic N) is 1. The molecule has 10 heteroatoms. The standard InChI is InChI=1S/C19H14ClFN4O4/c1-10(26)23-11-3-2-4-12(7-11)24-17(27)14-9-22-19(29)25(18(14)28)13-5-6-16(21)15(20)8-13/h2-9H,1H3,(H,22,29)(H,23,26)(H,24,27). The first-order valence-corrected chi connectivity index (χ1v) is 8.63. The van der Waals surface area contributed by atoms with E-state index >= 15 is 0 Å². The number of nitrogens with one attached hydrogen (secondary N) is 3. The summed E-state index contributed by atoms with van der Waals surface area (Å²) in [6, 6.07) is 9.59. The number of carbonyl (C=O) groups excluding carboxylic acids is 2. The molecule has 0 radical (unpaired) electrons. The lowest BCUT2D eigenvalue weighted by atomic mass is 10.2. The maximum absolute atomic E-state index is 13.4. The number of carbonyl (C=O) groups is 2. The summed E-state index contributed by atoms with van der Waals surface area (Å²) in [7, 11) is 0. The Hall–Kier alpha value is -3.72. The maximum atomic E-state index is 13.4. The van der Waals surface area contributed by atoms with E-state index < -0.39 is 23.0 Å². The third-order valence-corrected chi connectivity index (χ3v) is 4.11. The maximum Gasteiger partial charge on any atom is 0.333 e. The number of halogens is 2. The summed E-state index contributed by atoms with van der Waals surface area (Å²) in [4.78, 5) is 50.9. The van der Waals surface area contributed by atoms with Gasteiger partial charge in [0.05, 0.1) is 10.7 Å². The molecule has 2 amide bonds. The van der Waals surface area contributed by atoms with Gasteiger partial charge in [0.15, 0.2) is 0 Å². The molecule has 0 aliphatic heterocycles. The second kappa shape index (κ2) is 8.11. The van der Waals surface area contributed by atoms with Crippen LogP contribution in [0.3, 0.4) is 0 Å². The third-order valence-electron chi connectivity index (χ3n) is 3.82. The predicted octanol–water partition coefficient (Wildman–Crippen LogP) is 2.53. The average Bonchev–Trinajstić information content (AvgIpc) is 2.64. The Labute approximate surface area is 168 Å². The van der Waals surface area contributed by atoms with Crippen LogP contribution in [0.5, 0.6) is 0 Å². The van der Waals surface area contributed by atoms with Crippen LogP contribution < -0.4 is 21.9 Å². The smallest absolute Gasteiger partial charge is 0.326 e. The predicted molar refractivity (Wildman–Crippen MR) is 106 cm³/mol. The van der Waals surface area contributed by atoms with Gasteiger partial charge in [-0.15, -0.1) is 0 Å². The van der Waals surface area contributed by atoms with Crippen molar-refractivity contribution in [1.29, 1.82) is 0 Å². The van der Waals surface area contributed by atoms with Crippen molar-refractivity contribution >= 4 is 34.8 Å². The zero-order valence-electron chi connectivity index (χ0n) is 15.0. The van der Waals surface area contributed by atoms with Gasteiger partial charge in [0.1, 0.15) is 11.4 Å². The van der Waals surface area contributed by atoms with Crippen molar-refractivity contribution in [2.24, 2.45) is 0 Å². The lowest BCUT2D eigenvalue weighted by Gasteiger charge is -2.10. The topological polar surface area (TPSA) is 113 Å². The number of rotatable bonds is 4. The number of anilines is 2. The molecule has 3 rings (SSSR count). The van der Waals surface area contributed by atoms with Crippen molar-refractivity contribution in [1.82, 2.24) is 9.55 Å². The van der Waals surface area contributed by atoms with Crippen molar-refractivity contribution in [3.05, 3.63) is 85.9 Å². The molecule has 0 atom stereocenters. The molecular formula is C19H14ClFN4O4. The van der Waals surface area contributed by atoms with Crippen LogP contribution in [0.2, 0.25) is 5.02 Å². The lowest BCUT2D eigenvalue weighted by molar-refractivity contribution is -0.114. The Morgan fingerprint density at radius 1 is 1.07 bits per heavy atom. The minimum Gasteiger partial charge on any atom is -0.326 e. The highest BCUT2D eigenvalue weighted by atomic mass is 35.5. The highest BCUT2D eigenvalue weighted by Crippen LogP contribution is 2.18. The second-order valence-corrected chi connectivity index (χ2v) is 6.37. The van der Waals surface area contributed by atoms with Crippen LogP contribution in [0.4, 0.5) is 15.8 Å². The molecule has 2 aromatic carbocycles. The van der Waals surface area contributed by atoms with Crippen LogP contribution in [-0.4, -0.2) is 21.4 Å². The van der Waals surface area contributed by atoms with Gasteiger partial charge in [0.25, 0.3) is 11.5 Å². The van der Waals surface area contributed by atoms with Crippen LogP contribution in [0.25, 0.3) is 5.69 Å². The van der Waals surface area contributed by atoms with Gasteiger partial charge in [0, 0.05) is 24.5 Å². The summed E-state index contributed by atoms with van der Waals surface area (Å²) in [6.45, 7) is 1.34. The van der Waals surface area contributed by atoms with Crippen LogP contribution in [-0.2, 0) is 4.79 Å². The molecule has 3 N–H and O–H groups in total. The minimum atomic E-state index is -0.910. The van der Waals surface area contributed by atoms with Crippen molar-refractivity contribution in [3.63, 3.8) is 0 Å². The second-order valence-electron chi connectivity index (χ2n) is 5.96. The first kappa shape index (κ1) is 20.0. The SMILES string of the molecule is CC(=O)Nc1cccc(NC(=O)c2c[nH]c(=O)n(-c3ccc(F)c(Cl)c3)c2=O)c1. The van der Waals surface area contributed by atoms with Crippen molar-refractivity contribution in [3.8, 4) is 5.69 Å². The molecule has 0 spiro atoms. The van der Waals surface area contributed by atoms with E-state index in [1.807, 2.05) is 0 Å². The molecule has 8 nitrogen and oxygen atoms in total. The average molecular weight is 417 g/mol. The summed E-state index contributed by atoms with van der Waals surface area (Å²) in [5.74, 6) is -1.78. The van der Waals surface area contributed by atoms with E-state index in [0.717, 1.165) is 18.3 Å². The van der Waals surface area contributed by atoms with E-state index in [1.165, 1.54) is 19.1 Å². The number of amides is 2. The van der Waals surface area contributed by atoms with Crippen LogP contribution in [0.15, 0.2) is 58.3 Å². The zero-order chi connectivity index (χ0) is 21.1. The highest BCUT2D eigenvalue weighted by Gasteiger charge is 2.17. The minimum absolute atomic E-state index is 0.00459. The van der Waals surface area contributed by atoms with E-state index in [0.29, 0.717) is 15.9 Å². The summed E-state index contributed by atoms with van der Waals surface area (Å²) >= 11 is 5.72. The molecule has 0 bridgehead atoms. The molecule has 29 heavy (non-hydrogen) atoms. The van der Waals surface area contributed by atoms with Gasteiger partial charge in [-0.2, -0.15) is 0 Å². The molecule has 0 saturated carbocycles. The quantitative estimate of drug-likeness (QED) is 0.606. The van der Waals surface area contributed by atoms with Crippen molar-refractivity contribution < 1.29 is 14.0 Å². The largest absolute Gasteiger partial charge is 0.333 e. The van der Waals surface area contributed by atoms with E-state index in [9.17, 15) is 23.6 Å². The Bertz CT molecular complexity index is 1240. The van der Waals surface area contributed by atoms with Gasteiger partial charge in [-0.3, -0.25) is 14.4 Å². The van der Waals surface area contributed by atoms with Gasteiger partial charge >= 0.3 is 5.69 Å². The molecule has 0 unspecified atom stereocenters. The first-order chi connectivity index (χ1) is 13.8. The third kappa shape index (κ3) is 4.41. The molecule has 0 fully saturated rings. The van der Waals surface area contributed by atoms with Crippen LogP contribution >= 0.6 is 11.6 Å². The molecule has 0 aliphatic carbocycles. The molecule has 1 heterocycles. The molecule has 1 aromatic heterocycles. The fraction of sp³-hybridized carbons (Fsp3) is 0.0526. The number of hydrogen-bond acceptors (Lipinski definition) is 4.